The fourth-order valence-electron chi connectivity index (χ4n) is 2.40. The summed E-state index contributed by atoms with van der Waals surface area (Å²) in [6, 6.07) is 5.85. The van der Waals surface area contributed by atoms with Gasteiger partial charge in [0.2, 0.25) is 0 Å². The second-order valence-corrected chi connectivity index (χ2v) is 7.00. The summed E-state index contributed by atoms with van der Waals surface area (Å²) in [5, 5.41) is 1.49. The van der Waals surface area contributed by atoms with Crippen molar-refractivity contribution in [2.75, 3.05) is 11.9 Å². The van der Waals surface area contributed by atoms with Gasteiger partial charge in [-0.05, 0) is 53.6 Å². The lowest BCUT2D eigenvalue weighted by atomic mass is 10.1. The number of rotatable bonds is 2. The maximum Gasteiger partial charge on any atom is 0.254 e. The third-order valence-electron chi connectivity index (χ3n) is 3.48. The number of hydrogen-bond donors (Lipinski definition) is 0. The molecule has 0 aromatic heterocycles. The molecule has 1 aliphatic rings. The van der Waals surface area contributed by atoms with Gasteiger partial charge in [0.1, 0.15) is 0 Å². The lowest BCUT2D eigenvalue weighted by Gasteiger charge is -2.29. The van der Waals surface area contributed by atoms with Crippen molar-refractivity contribution in [3.05, 3.63) is 32.4 Å². The molecular formula is C14H16BrClINO. The van der Waals surface area contributed by atoms with Crippen molar-refractivity contribution in [3.8, 4) is 0 Å². The molecule has 1 aromatic carbocycles. The summed E-state index contributed by atoms with van der Waals surface area (Å²) in [7, 11) is 0. The fraction of sp³-hybridized carbons (Fsp3) is 0.500. The maximum absolute atomic E-state index is 12.6. The first-order valence-corrected chi connectivity index (χ1v) is 9.03. The Morgan fingerprint density at radius 2 is 2.21 bits per heavy atom. The quantitative estimate of drug-likeness (QED) is 0.466. The standard InChI is InChI=1S/C14H16BrClINO/c15-9-11-4-2-1-3-7-18(11)14(19)10-5-6-13(17)12(16)8-10/h5-6,8,11H,1-4,7,9H2. The normalized spacial score (nSPS) is 20.2. The van der Waals surface area contributed by atoms with E-state index >= 15 is 0 Å². The van der Waals surface area contributed by atoms with Crippen molar-refractivity contribution in [1.82, 2.24) is 4.90 Å². The van der Waals surface area contributed by atoms with E-state index in [0.717, 1.165) is 28.3 Å². The largest absolute Gasteiger partial charge is 0.335 e. The van der Waals surface area contributed by atoms with Crippen LogP contribution in [0, 0.1) is 3.57 Å². The number of carbonyl (C=O) groups excluding carboxylic acids is 1. The monoisotopic (exact) mass is 455 g/mol. The second-order valence-electron chi connectivity index (χ2n) is 4.78. The Hall–Kier alpha value is 0.190. The zero-order chi connectivity index (χ0) is 13.8. The van der Waals surface area contributed by atoms with Crippen LogP contribution in [0.2, 0.25) is 5.02 Å². The summed E-state index contributed by atoms with van der Waals surface area (Å²) in [5.41, 5.74) is 0.693. The van der Waals surface area contributed by atoms with E-state index in [1.54, 1.807) is 6.07 Å². The zero-order valence-electron chi connectivity index (χ0n) is 10.5. The van der Waals surface area contributed by atoms with Crippen LogP contribution in [-0.2, 0) is 0 Å². The van der Waals surface area contributed by atoms with Gasteiger partial charge in [-0.15, -0.1) is 0 Å². The van der Waals surface area contributed by atoms with E-state index in [0.29, 0.717) is 16.6 Å². The molecule has 0 radical (unpaired) electrons. The highest BCUT2D eigenvalue weighted by atomic mass is 127. The van der Waals surface area contributed by atoms with Gasteiger partial charge in [-0.3, -0.25) is 4.79 Å². The fourth-order valence-corrected chi connectivity index (χ4v) is 3.59. The molecular weight excluding hydrogens is 440 g/mol. The molecule has 1 aliphatic heterocycles. The molecule has 1 amide bonds. The summed E-state index contributed by atoms with van der Waals surface area (Å²) < 4.78 is 0.976. The van der Waals surface area contributed by atoms with Crippen molar-refractivity contribution >= 4 is 56.0 Å². The Bertz CT molecular complexity index is 469. The molecule has 5 heteroatoms. The van der Waals surface area contributed by atoms with E-state index in [2.05, 4.69) is 38.5 Å². The molecule has 0 N–H and O–H groups in total. The first-order chi connectivity index (χ1) is 9.13. The summed E-state index contributed by atoms with van der Waals surface area (Å²) in [5.74, 6) is 0.102. The number of alkyl halides is 1. The first-order valence-electron chi connectivity index (χ1n) is 6.45. The molecule has 1 unspecified atom stereocenters. The van der Waals surface area contributed by atoms with Crippen molar-refractivity contribution in [1.29, 1.82) is 0 Å². The molecule has 2 nitrogen and oxygen atoms in total. The molecule has 2 rings (SSSR count). The van der Waals surface area contributed by atoms with Crippen molar-refractivity contribution in [2.24, 2.45) is 0 Å². The van der Waals surface area contributed by atoms with Gasteiger partial charge >= 0.3 is 0 Å². The van der Waals surface area contributed by atoms with Gasteiger partial charge in [-0.2, -0.15) is 0 Å². The molecule has 1 saturated heterocycles. The minimum Gasteiger partial charge on any atom is -0.335 e. The van der Waals surface area contributed by atoms with Crippen LogP contribution in [0.3, 0.4) is 0 Å². The van der Waals surface area contributed by atoms with Crippen LogP contribution < -0.4 is 0 Å². The van der Waals surface area contributed by atoms with Gasteiger partial charge in [0.15, 0.2) is 0 Å². The molecule has 19 heavy (non-hydrogen) atoms. The number of nitrogens with zero attached hydrogens (tertiary/aromatic N) is 1. The zero-order valence-corrected chi connectivity index (χ0v) is 15.0. The Morgan fingerprint density at radius 1 is 1.42 bits per heavy atom. The highest BCUT2D eigenvalue weighted by Gasteiger charge is 2.25. The van der Waals surface area contributed by atoms with Crippen molar-refractivity contribution < 1.29 is 4.79 Å². The van der Waals surface area contributed by atoms with E-state index < -0.39 is 0 Å². The summed E-state index contributed by atoms with van der Waals surface area (Å²) in [6.45, 7) is 0.846. The van der Waals surface area contributed by atoms with Crippen molar-refractivity contribution in [3.63, 3.8) is 0 Å². The summed E-state index contributed by atoms with van der Waals surface area (Å²) in [4.78, 5) is 14.6. The molecule has 1 fully saturated rings. The number of amides is 1. The molecule has 0 saturated carbocycles. The Morgan fingerprint density at radius 3 is 2.89 bits per heavy atom. The highest BCUT2D eigenvalue weighted by molar-refractivity contribution is 14.1. The topological polar surface area (TPSA) is 20.3 Å². The predicted molar refractivity (Wildman–Crippen MR) is 91.3 cm³/mol. The van der Waals surface area contributed by atoms with Gasteiger partial charge in [-0.25, -0.2) is 0 Å². The molecule has 0 bridgehead atoms. The summed E-state index contributed by atoms with van der Waals surface area (Å²) in [6.07, 6.45) is 4.58. The Kier molecular flexibility index (Phi) is 5.96. The Labute approximate surface area is 141 Å². The van der Waals surface area contributed by atoms with Gasteiger partial charge in [0.05, 0.1) is 5.02 Å². The number of hydrogen-bond acceptors (Lipinski definition) is 1. The maximum atomic E-state index is 12.6. The molecule has 1 heterocycles. The SMILES string of the molecule is O=C(c1ccc(I)c(Cl)c1)N1CCCCCC1CBr. The lowest BCUT2D eigenvalue weighted by Crippen LogP contribution is -2.41. The minimum atomic E-state index is 0.102. The van der Waals surface area contributed by atoms with Gasteiger partial charge < -0.3 is 4.90 Å². The van der Waals surface area contributed by atoms with Crippen LogP contribution in [-0.4, -0.2) is 28.7 Å². The van der Waals surface area contributed by atoms with Gasteiger partial charge in [0.25, 0.3) is 5.91 Å². The van der Waals surface area contributed by atoms with Crippen LogP contribution >= 0.6 is 50.1 Å². The van der Waals surface area contributed by atoms with Crippen LogP contribution in [0.15, 0.2) is 18.2 Å². The number of halogens is 3. The smallest absolute Gasteiger partial charge is 0.254 e. The van der Waals surface area contributed by atoms with E-state index in [-0.39, 0.29) is 5.91 Å². The second kappa shape index (κ2) is 7.27. The van der Waals surface area contributed by atoms with Crippen LogP contribution in [0.5, 0.6) is 0 Å². The molecule has 0 aliphatic carbocycles. The summed E-state index contributed by atoms with van der Waals surface area (Å²) >= 11 is 11.8. The van der Waals surface area contributed by atoms with Gasteiger partial charge in [0, 0.05) is 27.1 Å². The highest BCUT2D eigenvalue weighted by Crippen LogP contribution is 2.24. The molecule has 1 atom stereocenters. The van der Waals surface area contributed by atoms with Crippen LogP contribution in [0.1, 0.15) is 36.0 Å². The lowest BCUT2D eigenvalue weighted by molar-refractivity contribution is 0.0702. The van der Waals surface area contributed by atoms with Crippen molar-refractivity contribution in [2.45, 2.75) is 31.7 Å². The predicted octanol–water partition coefficient (Wildman–Crippen LogP) is 4.72. The van der Waals surface area contributed by atoms with E-state index in [4.69, 9.17) is 11.6 Å². The van der Waals surface area contributed by atoms with Gasteiger partial charge in [-0.1, -0.05) is 40.4 Å². The average Bonchev–Trinajstić information content (AvgIpc) is 2.66. The average molecular weight is 457 g/mol. The minimum absolute atomic E-state index is 0.102. The Balaban J connectivity index is 2.22. The molecule has 1 aromatic rings. The third-order valence-corrected chi connectivity index (χ3v) is 5.80. The third kappa shape index (κ3) is 3.85. The van der Waals surface area contributed by atoms with E-state index in [1.807, 2.05) is 17.0 Å². The van der Waals surface area contributed by atoms with Crippen LogP contribution in [0.25, 0.3) is 0 Å². The molecule has 0 spiro atoms. The number of carbonyl (C=O) groups is 1. The number of benzene rings is 1. The van der Waals surface area contributed by atoms with E-state index in [1.165, 1.54) is 12.8 Å². The van der Waals surface area contributed by atoms with E-state index in [9.17, 15) is 4.79 Å². The molecule has 104 valence electrons. The first kappa shape index (κ1) is 15.6. The van der Waals surface area contributed by atoms with Crippen LogP contribution in [0.4, 0.5) is 0 Å². The number of likely N-dealkylation sites (tertiary alicyclic amines) is 1.